The fraction of sp³-hybridized carbons (Fsp3) is 0.0588. The molecule has 7 heteroatoms. The zero-order valence-electron chi connectivity index (χ0n) is 12.4. The lowest BCUT2D eigenvalue weighted by atomic mass is 10.1. The van der Waals surface area contributed by atoms with Crippen molar-refractivity contribution in [1.82, 2.24) is 4.57 Å². The summed E-state index contributed by atoms with van der Waals surface area (Å²) in [6.45, 7) is 0. The van der Waals surface area contributed by atoms with Gasteiger partial charge < -0.3 is 9.88 Å². The van der Waals surface area contributed by atoms with Crippen LogP contribution in [0.25, 0.3) is 10.8 Å². The predicted octanol–water partition coefficient (Wildman–Crippen LogP) is 3.83. The number of fused-ring (bicyclic) bond motifs is 1. The number of aryl methyl sites for hydroxylation is 1. The number of carbonyl (C=O) groups is 1. The van der Waals surface area contributed by atoms with Gasteiger partial charge >= 0.3 is 0 Å². The minimum Gasteiger partial charge on any atom is -0.318 e. The Balaban J connectivity index is 2.11. The summed E-state index contributed by atoms with van der Waals surface area (Å²) in [5.74, 6) is -2.26. The summed E-state index contributed by atoms with van der Waals surface area (Å²) in [6.07, 6.45) is 1.38. The lowest BCUT2D eigenvalue weighted by Crippen LogP contribution is -2.22. The summed E-state index contributed by atoms with van der Waals surface area (Å²) < 4.78 is 28.4. The third-order valence-electron chi connectivity index (χ3n) is 3.58. The van der Waals surface area contributed by atoms with E-state index in [0.717, 1.165) is 6.07 Å². The van der Waals surface area contributed by atoms with Gasteiger partial charge in [-0.15, -0.1) is 0 Å². The highest BCUT2D eigenvalue weighted by molar-refractivity contribution is 9.10. The summed E-state index contributed by atoms with van der Waals surface area (Å²) in [6, 6.07) is 8.38. The first-order valence-electron chi connectivity index (χ1n) is 6.92. The maximum absolute atomic E-state index is 13.9. The second kappa shape index (κ2) is 6.16. The molecule has 0 aliphatic rings. The molecule has 1 N–H and O–H groups in total. The highest BCUT2D eigenvalue weighted by atomic mass is 79.9. The molecule has 1 heterocycles. The molecular weight excluding hydrogens is 382 g/mol. The fourth-order valence-electron chi connectivity index (χ4n) is 2.44. The van der Waals surface area contributed by atoms with Gasteiger partial charge in [-0.3, -0.25) is 9.59 Å². The Bertz CT molecular complexity index is 1010. The van der Waals surface area contributed by atoms with Crippen LogP contribution in [0.4, 0.5) is 14.5 Å². The Labute approximate surface area is 143 Å². The van der Waals surface area contributed by atoms with Crippen LogP contribution in [0.5, 0.6) is 0 Å². The number of amides is 1. The first kappa shape index (κ1) is 16.3. The summed E-state index contributed by atoms with van der Waals surface area (Å²) >= 11 is 3.02. The molecule has 2 aromatic carbocycles. The molecule has 24 heavy (non-hydrogen) atoms. The summed E-state index contributed by atoms with van der Waals surface area (Å²) in [5.41, 5.74) is -0.195. The molecular formula is C17H11BrF2N2O2. The van der Waals surface area contributed by atoms with E-state index in [0.29, 0.717) is 16.8 Å². The van der Waals surface area contributed by atoms with Crippen molar-refractivity contribution in [2.24, 2.45) is 7.05 Å². The van der Waals surface area contributed by atoms with Gasteiger partial charge in [-0.2, -0.15) is 0 Å². The van der Waals surface area contributed by atoms with Gasteiger partial charge in [-0.25, -0.2) is 8.78 Å². The van der Waals surface area contributed by atoms with E-state index in [1.807, 2.05) is 0 Å². The molecule has 0 radical (unpaired) electrons. The van der Waals surface area contributed by atoms with E-state index < -0.39 is 17.5 Å². The maximum Gasteiger partial charge on any atom is 0.258 e. The van der Waals surface area contributed by atoms with E-state index in [-0.39, 0.29) is 21.3 Å². The van der Waals surface area contributed by atoms with E-state index in [2.05, 4.69) is 21.2 Å². The monoisotopic (exact) mass is 392 g/mol. The van der Waals surface area contributed by atoms with Crippen LogP contribution < -0.4 is 10.9 Å². The van der Waals surface area contributed by atoms with E-state index >= 15 is 0 Å². The fourth-order valence-corrected chi connectivity index (χ4v) is 2.95. The number of hydrogen-bond acceptors (Lipinski definition) is 2. The molecule has 0 spiro atoms. The molecule has 0 saturated carbocycles. The number of hydrogen-bond donors (Lipinski definition) is 1. The van der Waals surface area contributed by atoms with Crippen LogP contribution in [-0.4, -0.2) is 10.5 Å². The highest BCUT2D eigenvalue weighted by Gasteiger charge is 2.17. The Morgan fingerprint density at radius 1 is 1.17 bits per heavy atom. The van der Waals surface area contributed by atoms with Crippen LogP contribution in [0.3, 0.4) is 0 Å². The summed E-state index contributed by atoms with van der Waals surface area (Å²) in [4.78, 5) is 24.7. The zero-order chi connectivity index (χ0) is 17.4. The van der Waals surface area contributed by atoms with Gasteiger partial charge in [0, 0.05) is 34.6 Å². The molecule has 1 aromatic heterocycles. The number of pyridine rings is 1. The molecule has 4 nitrogen and oxygen atoms in total. The number of nitrogens with one attached hydrogen (secondary N) is 1. The molecule has 0 fully saturated rings. The SMILES string of the molecule is Cn1cc(C(=O)Nc2c(F)cc(F)cc2Br)c2ccccc2c1=O. The molecule has 0 atom stereocenters. The number of anilines is 1. The third kappa shape index (κ3) is 2.82. The number of carbonyl (C=O) groups excluding carboxylic acids is 1. The van der Waals surface area contributed by atoms with Crippen LogP contribution in [-0.2, 0) is 7.05 Å². The van der Waals surface area contributed by atoms with Crippen molar-refractivity contribution in [2.45, 2.75) is 0 Å². The largest absolute Gasteiger partial charge is 0.318 e. The molecule has 0 saturated heterocycles. The number of halogens is 3. The zero-order valence-corrected chi connectivity index (χ0v) is 14.0. The standard InChI is InChI=1S/C17H11BrF2N2O2/c1-22-8-12(10-4-2-3-5-11(10)17(22)24)16(23)21-15-13(18)6-9(19)7-14(15)20/h2-8H,1H3,(H,21,23). The van der Waals surface area contributed by atoms with E-state index in [1.165, 1.54) is 17.8 Å². The molecule has 0 unspecified atom stereocenters. The van der Waals surface area contributed by atoms with Crippen LogP contribution in [0.1, 0.15) is 10.4 Å². The minimum atomic E-state index is -0.899. The third-order valence-corrected chi connectivity index (χ3v) is 4.21. The molecule has 0 aliphatic heterocycles. The highest BCUT2D eigenvalue weighted by Crippen LogP contribution is 2.28. The van der Waals surface area contributed by atoms with Crippen molar-refractivity contribution in [2.75, 3.05) is 5.32 Å². The first-order chi connectivity index (χ1) is 11.4. The topological polar surface area (TPSA) is 51.1 Å². The Kier molecular flexibility index (Phi) is 4.19. The molecule has 1 amide bonds. The number of nitrogens with zero attached hydrogens (tertiary/aromatic N) is 1. The smallest absolute Gasteiger partial charge is 0.258 e. The maximum atomic E-state index is 13.9. The Hall–Kier alpha value is -2.54. The first-order valence-corrected chi connectivity index (χ1v) is 7.72. The summed E-state index contributed by atoms with van der Waals surface area (Å²) in [7, 11) is 1.53. The van der Waals surface area contributed by atoms with Gasteiger partial charge in [-0.05, 0) is 28.1 Å². The second-order valence-corrected chi connectivity index (χ2v) is 6.06. The number of rotatable bonds is 2. The normalized spacial score (nSPS) is 10.8. The minimum absolute atomic E-state index is 0.0856. The van der Waals surface area contributed by atoms with Gasteiger partial charge in [0.2, 0.25) is 0 Å². The van der Waals surface area contributed by atoms with Gasteiger partial charge in [0.25, 0.3) is 11.5 Å². The van der Waals surface area contributed by atoms with Crippen LogP contribution in [0.2, 0.25) is 0 Å². The molecule has 3 rings (SSSR count). The Morgan fingerprint density at radius 2 is 1.83 bits per heavy atom. The van der Waals surface area contributed by atoms with Crippen molar-refractivity contribution < 1.29 is 13.6 Å². The second-order valence-electron chi connectivity index (χ2n) is 5.20. The molecule has 0 bridgehead atoms. The summed E-state index contributed by atoms with van der Waals surface area (Å²) in [5, 5.41) is 3.25. The van der Waals surface area contributed by atoms with Crippen molar-refractivity contribution in [3.8, 4) is 0 Å². The van der Waals surface area contributed by atoms with Crippen molar-refractivity contribution >= 4 is 38.3 Å². The Morgan fingerprint density at radius 3 is 2.50 bits per heavy atom. The quantitative estimate of drug-likeness (QED) is 0.720. The van der Waals surface area contributed by atoms with E-state index in [9.17, 15) is 18.4 Å². The van der Waals surface area contributed by atoms with Gasteiger partial charge in [0.1, 0.15) is 5.82 Å². The van der Waals surface area contributed by atoms with Crippen molar-refractivity contribution in [3.63, 3.8) is 0 Å². The van der Waals surface area contributed by atoms with Gasteiger partial charge in [0.05, 0.1) is 11.3 Å². The van der Waals surface area contributed by atoms with Crippen LogP contribution in [0.15, 0.2) is 51.9 Å². The lowest BCUT2D eigenvalue weighted by molar-refractivity contribution is 0.102. The van der Waals surface area contributed by atoms with E-state index in [1.54, 1.807) is 24.3 Å². The van der Waals surface area contributed by atoms with E-state index in [4.69, 9.17) is 0 Å². The van der Waals surface area contributed by atoms with Gasteiger partial charge in [-0.1, -0.05) is 18.2 Å². The van der Waals surface area contributed by atoms with Crippen molar-refractivity contribution in [3.05, 3.63) is 74.6 Å². The van der Waals surface area contributed by atoms with Gasteiger partial charge in [0.15, 0.2) is 5.82 Å². The van der Waals surface area contributed by atoms with Crippen LogP contribution in [0, 0.1) is 11.6 Å². The lowest BCUT2D eigenvalue weighted by Gasteiger charge is -2.12. The molecule has 122 valence electrons. The molecule has 0 aliphatic carbocycles. The number of benzene rings is 2. The average Bonchev–Trinajstić information content (AvgIpc) is 2.54. The average molecular weight is 393 g/mol. The predicted molar refractivity (Wildman–Crippen MR) is 91.2 cm³/mol. The van der Waals surface area contributed by atoms with Crippen LogP contribution >= 0.6 is 15.9 Å². The van der Waals surface area contributed by atoms with Crippen molar-refractivity contribution in [1.29, 1.82) is 0 Å². The number of aromatic nitrogens is 1. The molecule has 3 aromatic rings.